The summed E-state index contributed by atoms with van der Waals surface area (Å²) in [7, 11) is 0. The van der Waals surface area contributed by atoms with E-state index >= 15 is 0 Å². The highest BCUT2D eigenvalue weighted by Gasteiger charge is 2.37. The van der Waals surface area contributed by atoms with Crippen molar-refractivity contribution < 1.29 is 9.53 Å². The Morgan fingerprint density at radius 1 is 1.62 bits per heavy atom. The van der Waals surface area contributed by atoms with Gasteiger partial charge in [-0.15, -0.1) is 0 Å². The van der Waals surface area contributed by atoms with Crippen LogP contribution >= 0.6 is 11.6 Å². The van der Waals surface area contributed by atoms with Crippen LogP contribution in [0.3, 0.4) is 0 Å². The number of anilines is 1. The minimum Gasteiger partial charge on any atom is -0.365 e. The lowest BCUT2D eigenvalue weighted by Gasteiger charge is -2.21. The van der Waals surface area contributed by atoms with Crippen molar-refractivity contribution in [2.45, 2.75) is 25.4 Å². The number of aromatic nitrogens is 2. The molecule has 0 spiro atoms. The van der Waals surface area contributed by atoms with Crippen LogP contribution in [0.15, 0.2) is 12.4 Å². The van der Waals surface area contributed by atoms with Gasteiger partial charge < -0.3 is 10.1 Å². The van der Waals surface area contributed by atoms with Crippen LogP contribution in [0.2, 0.25) is 5.15 Å². The van der Waals surface area contributed by atoms with Gasteiger partial charge in [-0.3, -0.25) is 4.79 Å². The summed E-state index contributed by atoms with van der Waals surface area (Å²) >= 11 is 5.69. The van der Waals surface area contributed by atoms with Crippen LogP contribution in [-0.2, 0) is 9.53 Å². The molecule has 16 heavy (non-hydrogen) atoms. The zero-order valence-electron chi connectivity index (χ0n) is 8.86. The van der Waals surface area contributed by atoms with Crippen molar-refractivity contribution in [3.8, 4) is 0 Å². The van der Waals surface area contributed by atoms with Gasteiger partial charge in [0, 0.05) is 12.7 Å². The lowest BCUT2D eigenvalue weighted by Crippen LogP contribution is -2.39. The first-order valence-corrected chi connectivity index (χ1v) is 5.41. The van der Waals surface area contributed by atoms with Crippen molar-refractivity contribution in [2.75, 3.05) is 11.9 Å². The first-order valence-electron chi connectivity index (χ1n) is 5.03. The minimum atomic E-state index is -0.753. The SMILES string of the molecule is CC1(C(=O)Nc2cc(Cl)ncn2)CCCO1. The summed E-state index contributed by atoms with van der Waals surface area (Å²) in [5.74, 6) is 0.196. The molecule has 0 bridgehead atoms. The summed E-state index contributed by atoms with van der Waals surface area (Å²) < 4.78 is 5.42. The molecule has 6 heteroatoms. The zero-order chi connectivity index (χ0) is 11.6. The van der Waals surface area contributed by atoms with Gasteiger partial charge in [0.1, 0.15) is 22.9 Å². The van der Waals surface area contributed by atoms with E-state index in [2.05, 4.69) is 15.3 Å². The molecule has 0 aromatic carbocycles. The molecule has 1 aliphatic rings. The molecule has 1 atom stereocenters. The Morgan fingerprint density at radius 3 is 3.06 bits per heavy atom. The van der Waals surface area contributed by atoms with Crippen LogP contribution in [0.25, 0.3) is 0 Å². The quantitative estimate of drug-likeness (QED) is 0.800. The van der Waals surface area contributed by atoms with E-state index in [4.69, 9.17) is 16.3 Å². The molecule has 1 saturated heterocycles. The largest absolute Gasteiger partial charge is 0.365 e. The van der Waals surface area contributed by atoms with Gasteiger partial charge in [-0.05, 0) is 19.8 Å². The molecule has 1 fully saturated rings. The fourth-order valence-electron chi connectivity index (χ4n) is 1.61. The zero-order valence-corrected chi connectivity index (χ0v) is 9.62. The number of hydrogen-bond acceptors (Lipinski definition) is 4. The van der Waals surface area contributed by atoms with Crippen molar-refractivity contribution in [3.05, 3.63) is 17.5 Å². The van der Waals surface area contributed by atoms with E-state index in [-0.39, 0.29) is 5.91 Å². The highest BCUT2D eigenvalue weighted by molar-refractivity contribution is 6.29. The van der Waals surface area contributed by atoms with Crippen LogP contribution in [-0.4, -0.2) is 28.1 Å². The number of rotatable bonds is 2. The highest BCUT2D eigenvalue weighted by atomic mass is 35.5. The third-order valence-electron chi connectivity index (χ3n) is 2.57. The number of ether oxygens (including phenoxy) is 1. The van der Waals surface area contributed by atoms with E-state index in [1.807, 2.05) is 0 Å². The molecule has 0 saturated carbocycles. The first kappa shape index (κ1) is 11.3. The van der Waals surface area contributed by atoms with Crippen molar-refractivity contribution in [2.24, 2.45) is 0 Å². The van der Waals surface area contributed by atoms with Crippen molar-refractivity contribution >= 4 is 23.3 Å². The maximum atomic E-state index is 11.9. The monoisotopic (exact) mass is 241 g/mol. The third kappa shape index (κ3) is 2.31. The second kappa shape index (κ2) is 4.35. The van der Waals surface area contributed by atoms with Gasteiger partial charge in [0.05, 0.1) is 0 Å². The summed E-state index contributed by atoms with van der Waals surface area (Å²) in [5.41, 5.74) is -0.753. The summed E-state index contributed by atoms with van der Waals surface area (Å²) in [6, 6.07) is 1.50. The highest BCUT2D eigenvalue weighted by Crippen LogP contribution is 2.26. The summed E-state index contributed by atoms with van der Waals surface area (Å²) in [6.07, 6.45) is 2.92. The van der Waals surface area contributed by atoms with Gasteiger partial charge >= 0.3 is 0 Å². The summed E-state index contributed by atoms with van der Waals surface area (Å²) in [5, 5.41) is 2.96. The standard InChI is InChI=1S/C10H12ClN3O2/c1-10(3-2-4-16-10)9(15)14-8-5-7(11)12-6-13-8/h5-6H,2-4H2,1H3,(H,12,13,14,15). The number of halogens is 1. The van der Waals surface area contributed by atoms with Gasteiger partial charge in [-0.1, -0.05) is 11.6 Å². The Labute approximate surface area is 98.2 Å². The average Bonchev–Trinajstić information content (AvgIpc) is 2.66. The molecule has 2 rings (SSSR count). The van der Waals surface area contributed by atoms with E-state index in [1.165, 1.54) is 12.4 Å². The number of carbonyl (C=O) groups excluding carboxylic acids is 1. The second-order valence-corrected chi connectivity index (χ2v) is 4.25. The average molecular weight is 242 g/mol. The van der Waals surface area contributed by atoms with Crippen LogP contribution in [0.1, 0.15) is 19.8 Å². The van der Waals surface area contributed by atoms with E-state index in [0.717, 1.165) is 12.8 Å². The Kier molecular flexibility index (Phi) is 3.07. The lowest BCUT2D eigenvalue weighted by atomic mass is 10.0. The first-order chi connectivity index (χ1) is 7.60. The maximum Gasteiger partial charge on any atom is 0.257 e. The Hall–Kier alpha value is -1.20. The molecule has 1 unspecified atom stereocenters. The molecule has 1 aromatic rings. The van der Waals surface area contributed by atoms with Crippen LogP contribution in [0.4, 0.5) is 5.82 Å². The normalized spacial score (nSPS) is 24.4. The van der Waals surface area contributed by atoms with Crippen molar-refractivity contribution in [3.63, 3.8) is 0 Å². The van der Waals surface area contributed by atoms with Gasteiger partial charge in [-0.2, -0.15) is 0 Å². The number of nitrogens with one attached hydrogen (secondary N) is 1. The molecule has 1 aromatic heterocycles. The summed E-state index contributed by atoms with van der Waals surface area (Å²) in [6.45, 7) is 2.40. The Bertz CT molecular complexity index is 405. The molecular weight excluding hydrogens is 230 g/mol. The number of carbonyl (C=O) groups is 1. The van der Waals surface area contributed by atoms with Crippen molar-refractivity contribution in [1.29, 1.82) is 0 Å². The molecule has 0 aliphatic carbocycles. The Balaban J connectivity index is 2.07. The van der Waals surface area contributed by atoms with Gasteiger partial charge in [-0.25, -0.2) is 9.97 Å². The Morgan fingerprint density at radius 2 is 2.44 bits per heavy atom. The topological polar surface area (TPSA) is 64.1 Å². The van der Waals surface area contributed by atoms with Gasteiger partial charge in [0.2, 0.25) is 0 Å². The predicted molar refractivity (Wildman–Crippen MR) is 59.3 cm³/mol. The second-order valence-electron chi connectivity index (χ2n) is 3.86. The molecular formula is C10H12ClN3O2. The van der Waals surface area contributed by atoms with Gasteiger partial charge in [0.25, 0.3) is 5.91 Å². The molecule has 2 heterocycles. The van der Waals surface area contributed by atoms with Crippen LogP contribution in [0.5, 0.6) is 0 Å². The van der Waals surface area contributed by atoms with Crippen molar-refractivity contribution in [1.82, 2.24) is 9.97 Å². The molecule has 1 amide bonds. The minimum absolute atomic E-state index is 0.195. The van der Waals surface area contributed by atoms with E-state index in [0.29, 0.717) is 17.6 Å². The van der Waals surface area contributed by atoms with Crippen LogP contribution in [0, 0.1) is 0 Å². The fraction of sp³-hybridized carbons (Fsp3) is 0.500. The molecule has 1 N–H and O–H groups in total. The number of nitrogens with zero attached hydrogens (tertiary/aromatic N) is 2. The predicted octanol–water partition coefficient (Wildman–Crippen LogP) is 1.64. The van der Waals surface area contributed by atoms with Crippen LogP contribution < -0.4 is 5.32 Å². The smallest absolute Gasteiger partial charge is 0.257 e. The molecule has 86 valence electrons. The number of hydrogen-bond donors (Lipinski definition) is 1. The summed E-state index contributed by atoms with van der Waals surface area (Å²) in [4.78, 5) is 19.5. The van der Waals surface area contributed by atoms with E-state index in [1.54, 1.807) is 6.92 Å². The number of amides is 1. The lowest BCUT2D eigenvalue weighted by molar-refractivity contribution is -0.133. The van der Waals surface area contributed by atoms with E-state index < -0.39 is 5.60 Å². The molecule has 0 radical (unpaired) electrons. The molecule has 1 aliphatic heterocycles. The van der Waals surface area contributed by atoms with Gasteiger partial charge in [0.15, 0.2) is 0 Å². The maximum absolute atomic E-state index is 11.9. The van der Waals surface area contributed by atoms with E-state index in [9.17, 15) is 4.79 Å². The molecule has 5 nitrogen and oxygen atoms in total. The third-order valence-corrected chi connectivity index (χ3v) is 2.78. The fourth-order valence-corrected chi connectivity index (χ4v) is 1.76.